The van der Waals surface area contributed by atoms with Crippen LogP contribution in [0.1, 0.15) is 0 Å². The highest BCUT2D eigenvalue weighted by Gasteiger charge is 2.48. The van der Waals surface area contributed by atoms with Gasteiger partial charge in [-0.15, -0.1) is 0 Å². The van der Waals surface area contributed by atoms with Gasteiger partial charge in [0.15, 0.2) is 6.29 Å². The lowest BCUT2D eigenvalue weighted by Crippen LogP contribution is -2.65. The minimum Gasteiger partial charge on any atom is -0.388 e. The first-order valence-electron chi connectivity index (χ1n) is 5.52. The molecule has 1 aliphatic heterocycles. The van der Waals surface area contributed by atoms with Crippen molar-refractivity contribution in [2.45, 2.75) is 36.8 Å². The molecule has 0 aromatic heterocycles. The summed E-state index contributed by atoms with van der Waals surface area (Å²) in [7, 11) is -4.91. The van der Waals surface area contributed by atoms with Crippen molar-refractivity contribution in [3.05, 3.63) is 0 Å². The molecule has 0 spiro atoms. The first kappa shape index (κ1) is 19.0. The van der Waals surface area contributed by atoms with Crippen LogP contribution in [-0.2, 0) is 24.1 Å². The van der Waals surface area contributed by atoms with E-state index in [1.54, 1.807) is 0 Å². The largest absolute Gasteiger partial charge is 0.471 e. The van der Waals surface area contributed by atoms with E-state index in [1.807, 2.05) is 0 Å². The third-order valence-electron chi connectivity index (χ3n) is 2.66. The second-order valence-electron chi connectivity index (χ2n) is 4.26. The molecule has 5 N–H and O–H groups in total. The minimum atomic E-state index is -5.30. The molecule has 14 heteroatoms. The van der Waals surface area contributed by atoms with Crippen LogP contribution in [0, 0.1) is 0 Å². The number of rotatable bonds is 4. The molecule has 1 heterocycles. The zero-order valence-corrected chi connectivity index (χ0v) is 11.3. The van der Waals surface area contributed by atoms with Crippen LogP contribution in [0.25, 0.3) is 0 Å². The number of carbonyl (C=O) groups is 1. The van der Waals surface area contributed by atoms with Gasteiger partial charge in [-0.3, -0.25) is 9.35 Å². The standard InChI is InChI=1S/C8H12F3NO9S/c9-8(10,11)7(16)12-3-5(14)4(13)2(21-6(3)15)1-20-22(17,18)19/h2-6,13-15H,1H2,(H,12,16)(H,17,18,19)/t2?,3?,4-,5?,6?/m1/s1. The van der Waals surface area contributed by atoms with E-state index in [0.29, 0.717) is 0 Å². The number of nitrogens with one attached hydrogen (secondary N) is 1. The van der Waals surface area contributed by atoms with Crippen molar-refractivity contribution in [2.75, 3.05) is 6.61 Å². The van der Waals surface area contributed by atoms with Gasteiger partial charge >= 0.3 is 22.5 Å². The quantitative estimate of drug-likeness (QED) is 0.337. The van der Waals surface area contributed by atoms with Crippen molar-refractivity contribution < 1.29 is 55.2 Å². The summed E-state index contributed by atoms with van der Waals surface area (Å²) in [6, 6.07) is -2.02. The minimum absolute atomic E-state index is 1.03. The van der Waals surface area contributed by atoms with E-state index < -0.39 is 59.7 Å². The number of aliphatic hydroxyl groups is 3. The van der Waals surface area contributed by atoms with Gasteiger partial charge in [-0.05, 0) is 0 Å². The molecule has 1 saturated heterocycles. The lowest BCUT2D eigenvalue weighted by atomic mass is 9.97. The molecule has 1 aliphatic rings. The summed E-state index contributed by atoms with van der Waals surface area (Å²) in [5.74, 6) is -2.49. The molecule has 22 heavy (non-hydrogen) atoms. The third kappa shape index (κ3) is 5.01. The lowest BCUT2D eigenvalue weighted by Gasteiger charge is -2.40. The predicted octanol–water partition coefficient (Wildman–Crippen LogP) is -2.71. The SMILES string of the molecule is O=C(NC1C(O)OC(COS(=O)(=O)O)[C@@H](O)C1O)C(F)(F)F. The van der Waals surface area contributed by atoms with Gasteiger partial charge in [0.2, 0.25) is 0 Å². The molecule has 130 valence electrons. The highest BCUT2D eigenvalue weighted by atomic mass is 32.3. The number of hydrogen-bond donors (Lipinski definition) is 5. The number of hydrogen-bond acceptors (Lipinski definition) is 8. The first-order chi connectivity index (χ1) is 9.83. The molecule has 0 radical (unpaired) electrons. The Morgan fingerprint density at radius 3 is 2.23 bits per heavy atom. The van der Waals surface area contributed by atoms with Crippen molar-refractivity contribution in [1.82, 2.24) is 5.32 Å². The van der Waals surface area contributed by atoms with Crippen LogP contribution in [0.15, 0.2) is 0 Å². The molecule has 10 nitrogen and oxygen atoms in total. The Balaban J connectivity index is 2.74. The van der Waals surface area contributed by atoms with E-state index in [0.717, 1.165) is 0 Å². The first-order valence-corrected chi connectivity index (χ1v) is 6.88. The van der Waals surface area contributed by atoms with Crippen LogP contribution < -0.4 is 5.32 Å². The number of amides is 1. The second-order valence-corrected chi connectivity index (χ2v) is 5.35. The van der Waals surface area contributed by atoms with Gasteiger partial charge < -0.3 is 25.4 Å². The van der Waals surface area contributed by atoms with Gasteiger partial charge in [0, 0.05) is 0 Å². The summed E-state index contributed by atoms with van der Waals surface area (Å²) in [5.41, 5.74) is 0. The van der Waals surface area contributed by atoms with Gasteiger partial charge in [0.05, 0.1) is 6.61 Å². The fourth-order valence-electron chi connectivity index (χ4n) is 1.63. The Kier molecular flexibility index (Phi) is 5.71. The van der Waals surface area contributed by atoms with Crippen molar-refractivity contribution in [2.24, 2.45) is 0 Å². The molecule has 1 amide bonds. The maximum Gasteiger partial charge on any atom is 0.471 e. The Hall–Kier alpha value is -1.03. The average molecular weight is 355 g/mol. The van der Waals surface area contributed by atoms with Gasteiger partial charge in [-0.2, -0.15) is 21.6 Å². The van der Waals surface area contributed by atoms with Crippen LogP contribution >= 0.6 is 0 Å². The van der Waals surface area contributed by atoms with Crippen molar-refractivity contribution >= 4 is 16.3 Å². The van der Waals surface area contributed by atoms with Gasteiger partial charge in [0.1, 0.15) is 24.4 Å². The number of ether oxygens (including phenoxy) is 1. The number of halogens is 3. The Labute approximate surface area is 121 Å². The van der Waals surface area contributed by atoms with E-state index in [9.17, 15) is 41.7 Å². The second kappa shape index (κ2) is 6.61. The van der Waals surface area contributed by atoms with Crippen LogP contribution in [0.5, 0.6) is 0 Å². The number of alkyl halides is 3. The molecule has 0 aromatic carbocycles. The molecule has 0 aromatic rings. The fourth-order valence-corrected chi connectivity index (χ4v) is 1.93. The highest BCUT2D eigenvalue weighted by Crippen LogP contribution is 2.22. The van der Waals surface area contributed by atoms with Crippen LogP contribution in [0.4, 0.5) is 13.2 Å². The van der Waals surface area contributed by atoms with Crippen LogP contribution in [-0.4, -0.2) is 77.6 Å². The number of carbonyl (C=O) groups excluding carboxylic acids is 1. The Morgan fingerprint density at radius 2 is 1.77 bits per heavy atom. The van der Waals surface area contributed by atoms with Gasteiger partial charge in [-0.25, -0.2) is 4.18 Å². The Bertz CT molecular complexity index is 509. The molecule has 1 fully saturated rings. The van der Waals surface area contributed by atoms with Gasteiger partial charge in [-0.1, -0.05) is 0 Å². The number of aliphatic hydroxyl groups excluding tert-OH is 3. The maximum atomic E-state index is 12.1. The molecular weight excluding hydrogens is 343 g/mol. The average Bonchev–Trinajstić information content (AvgIpc) is 2.34. The summed E-state index contributed by atoms with van der Waals surface area (Å²) < 4.78 is 73.7. The van der Waals surface area contributed by atoms with E-state index >= 15 is 0 Å². The topological polar surface area (TPSA) is 163 Å². The zero-order chi connectivity index (χ0) is 17.3. The summed E-state index contributed by atoms with van der Waals surface area (Å²) in [6.07, 6.45) is -13.3. The maximum absolute atomic E-state index is 12.1. The highest BCUT2D eigenvalue weighted by molar-refractivity contribution is 7.80. The van der Waals surface area contributed by atoms with Crippen molar-refractivity contribution in [3.8, 4) is 0 Å². The van der Waals surface area contributed by atoms with Crippen LogP contribution in [0.2, 0.25) is 0 Å². The van der Waals surface area contributed by atoms with Crippen molar-refractivity contribution in [3.63, 3.8) is 0 Å². The molecule has 5 atom stereocenters. The third-order valence-corrected chi connectivity index (χ3v) is 3.09. The predicted molar refractivity (Wildman–Crippen MR) is 58.4 cm³/mol. The molecular formula is C8H12F3NO9S. The van der Waals surface area contributed by atoms with Gasteiger partial charge in [0.25, 0.3) is 0 Å². The molecule has 0 aliphatic carbocycles. The van der Waals surface area contributed by atoms with E-state index in [4.69, 9.17) is 4.55 Å². The fraction of sp³-hybridized carbons (Fsp3) is 0.875. The summed E-state index contributed by atoms with van der Waals surface area (Å²) in [4.78, 5) is 10.7. The normalized spacial score (nSPS) is 33.5. The monoisotopic (exact) mass is 355 g/mol. The summed E-state index contributed by atoms with van der Waals surface area (Å²) in [5, 5.41) is 29.8. The smallest absolute Gasteiger partial charge is 0.388 e. The lowest BCUT2D eigenvalue weighted by molar-refractivity contribution is -0.254. The van der Waals surface area contributed by atoms with E-state index in [-0.39, 0.29) is 0 Å². The molecule has 0 bridgehead atoms. The van der Waals surface area contributed by atoms with E-state index in [2.05, 4.69) is 8.92 Å². The van der Waals surface area contributed by atoms with Crippen LogP contribution in [0.3, 0.4) is 0 Å². The zero-order valence-electron chi connectivity index (χ0n) is 10.5. The summed E-state index contributed by atoms with van der Waals surface area (Å²) >= 11 is 0. The Morgan fingerprint density at radius 1 is 1.23 bits per heavy atom. The molecule has 4 unspecified atom stereocenters. The summed E-state index contributed by atoms with van der Waals surface area (Å²) in [6.45, 7) is -1.03. The van der Waals surface area contributed by atoms with Crippen molar-refractivity contribution in [1.29, 1.82) is 0 Å². The molecule has 0 saturated carbocycles. The van der Waals surface area contributed by atoms with E-state index in [1.165, 1.54) is 5.32 Å². The molecule has 1 rings (SSSR count).